The Kier molecular flexibility index (Phi) is 3.57. The zero-order valence-electron chi connectivity index (χ0n) is 15.8. The number of fused-ring (bicyclic) bond motifs is 2. The molecule has 0 amide bonds. The Labute approximate surface area is 151 Å². The Morgan fingerprint density at radius 3 is 2.65 bits per heavy atom. The van der Waals surface area contributed by atoms with Gasteiger partial charge in [0, 0.05) is 24.2 Å². The lowest BCUT2D eigenvalue weighted by molar-refractivity contribution is 0.514. The van der Waals surface area contributed by atoms with Crippen LogP contribution in [0.1, 0.15) is 51.6 Å². The van der Waals surface area contributed by atoms with Crippen LogP contribution in [0, 0.1) is 0 Å². The summed E-state index contributed by atoms with van der Waals surface area (Å²) < 4.78 is 1.85. The molecule has 7 nitrogen and oxygen atoms in total. The fourth-order valence-electron chi connectivity index (χ4n) is 3.22. The molecule has 0 aliphatic carbocycles. The third kappa shape index (κ3) is 2.83. The fraction of sp³-hybridized carbons (Fsp3) is 0.421. The molecule has 0 unspecified atom stereocenters. The van der Waals surface area contributed by atoms with Crippen molar-refractivity contribution in [3.05, 3.63) is 47.9 Å². The van der Waals surface area contributed by atoms with E-state index in [1.807, 2.05) is 16.9 Å². The van der Waals surface area contributed by atoms with Crippen molar-refractivity contribution in [3.8, 4) is 0 Å². The van der Waals surface area contributed by atoms with Gasteiger partial charge in [-0.1, -0.05) is 34.6 Å². The molecule has 0 aromatic carbocycles. The number of nitrogens with one attached hydrogen (secondary N) is 1. The standard InChI is InChI=1S/C19H23N7/c1-18(2,3)16-15-17(25-24-16)23-13(8-21-15)7-19(4,5)12-6-14-9-20-11-22-26(14)10-12/h6,8-11H,7H2,1-5H3,(H,23,24,25). The van der Waals surface area contributed by atoms with Crippen molar-refractivity contribution in [3.63, 3.8) is 0 Å². The van der Waals surface area contributed by atoms with Crippen LogP contribution >= 0.6 is 0 Å². The van der Waals surface area contributed by atoms with Crippen LogP contribution in [0.2, 0.25) is 0 Å². The Morgan fingerprint density at radius 2 is 1.92 bits per heavy atom. The Morgan fingerprint density at radius 1 is 1.12 bits per heavy atom. The minimum absolute atomic E-state index is 0.0438. The summed E-state index contributed by atoms with van der Waals surface area (Å²) in [6.45, 7) is 10.8. The summed E-state index contributed by atoms with van der Waals surface area (Å²) in [5.41, 5.74) is 5.49. The highest BCUT2D eigenvalue weighted by atomic mass is 15.2. The number of rotatable bonds is 3. The summed E-state index contributed by atoms with van der Waals surface area (Å²) in [4.78, 5) is 13.5. The van der Waals surface area contributed by atoms with E-state index in [0.29, 0.717) is 5.65 Å². The molecule has 4 aromatic rings. The van der Waals surface area contributed by atoms with Crippen LogP contribution in [0.25, 0.3) is 16.7 Å². The van der Waals surface area contributed by atoms with E-state index in [1.54, 1.807) is 6.33 Å². The number of hydrogen-bond acceptors (Lipinski definition) is 5. The minimum Gasteiger partial charge on any atom is -0.278 e. The second-order valence-corrected chi connectivity index (χ2v) is 8.45. The van der Waals surface area contributed by atoms with Gasteiger partial charge in [0.25, 0.3) is 0 Å². The van der Waals surface area contributed by atoms with E-state index in [-0.39, 0.29) is 10.8 Å². The monoisotopic (exact) mass is 349 g/mol. The van der Waals surface area contributed by atoms with Gasteiger partial charge >= 0.3 is 0 Å². The van der Waals surface area contributed by atoms with Gasteiger partial charge in [-0.15, -0.1) is 0 Å². The largest absolute Gasteiger partial charge is 0.278 e. The molecule has 134 valence electrons. The van der Waals surface area contributed by atoms with Gasteiger partial charge in [-0.3, -0.25) is 5.10 Å². The second-order valence-electron chi connectivity index (χ2n) is 8.45. The summed E-state index contributed by atoms with van der Waals surface area (Å²) in [5, 5.41) is 11.7. The van der Waals surface area contributed by atoms with E-state index in [0.717, 1.165) is 28.8 Å². The molecule has 0 fully saturated rings. The van der Waals surface area contributed by atoms with Gasteiger partial charge in [0.1, 0.15) is 11.8 Å². The summed E-state index contributed by atoms with van der Waals surface area (Å²) in [6.07, 6.45) is 8.04. The van der Waals surface area contributed by atoms with Crippen molar-refractivity contribution in [2.24, 2.45) is 0 Å². The van der Waals surface area contributed by atoms with Gasteiger partial charge in [-0.2, -0.15) is 10.2 Å². The summed E-state index contributed by atoms with van der Waals surface area (Å²) in [5.74, 6) is 0. The molecule has 0 aliphatic heterocycles. The van der Waals surface area contributed by atoms with Crippen molar-refractivity contribution in [1.29, 1.82) is 0 Å². The van der Waals surface area contributed by atoms with Crippen molar-refractivity contribution < 1.29 is 0 Å². The van der Waals surface area contributed by atoms with E-state index >= 15 is 0 Å². The van der Waals surface area contributed by atoms with E-state index in [1.165, 1.54) is 5.56 Å². The van der Waals surface area contributed by atoms with Crippen molar-refractivity contribution >= 4 is 16.7 Å². The van der Waals surface area contributed by atoms with Gasteiger partial charge in [0.2, 0.25) is 0 Å². The van der Waals surface area contributed by atoms with Crippen molar-refractivity contribution in [1.82, 2.24) is 34.8 Å². The second kappa shape index (κ2) is 5.59. The molecule has 4 heterocycles. The van der Waals surface area contributed by atoms with Crippen molar-refractivity contribution in [2.75, 3.05) is 0 Å². The lowest BCUT2D eigenvalue weighted by Crippen LogP contribution is -2.20. The summed E-state index contributed by atoms with van der Waals surface area (Å²) >= 11 is 0. The number of aromatic nitrogens is 7. The maximum absolute atomic E-state index is 4.73. The molecule has 0 aliphatic rings. The van der Waals surface area contributed by atoms with Gasteiger partial charge in [-0.05, 0) is 17.0 Å². The molecule has 0 radical (unpaired) electrons. The van der Waals surface area contributed by atoms with Gasteiger partial charge in [-0.25, -0.2) is 19.5 Å². The molecular formula is C19H23N7. The quantitative estimate of drug-likeness (QED) is 0.614. The zero-order valence-corrected chi connectivity index (χ0v) is 15.8. The van der Waals surface area contributed by atoms with E-state index in [9.17, 15) is 0 Å². The smallest absolute Gasteiger partial charge is 0.200 e. The summed E-state index contributed by atoms with van der Waals surface area (Å²) in [7, 11) is 0. The average Bonchev–Trinajstić information content (AvgIpc) is 3.18. The normalized spacial score (nSPS) is 13.0. The van der Waals surface area contributed by atoms with Crippen LogP contribution in [0.4, 0.5) is 0 Å². The predicted octanol–water partition coefficient (Wildman–Crippen LogP) is 3.21. The van der Waals surface area contributed by atoms with Gasteiger partial charge in [0.15, 0.2) is 5.65 Å². The molecule has 0 spiro atoms. The Hall–Kier alpha value is -2.83. The van der Waals surface area contributed by atoms with Gasteiger partial charge in [0.05, 0.1) is 23.1 Å². The topological polar surface area (TPSA) is 84.6 Å². The fourth-order valence-corrected chi connectivity index (χ4v) is 3.22. The molecule has 4 rings (SSSR count). The summed E-state index contributed by atoms with van der Waals surface area (Å²) in [6, 6.07) is 2.12. The van der Waals surface area contributed by atoms with E-state index < -0.39 is 0 Å². The number of hydrogen-bond donors (Lipinski definition) is 1. The third-order valence-corrected chi connectivity index (χ3v) is 4.75. The molecule has 7 heteroatoms. The first-order valence-electron chi connectivity index (χ1n) is 8.73. The third-order valence-electron chi connectivity index (χ3n) is 4.75. The Balaban J connectivity index is 1.67. The molecular weight excluding hydrogens is 326 g/mol. The highest BCUT2D eigenvalue weighted by Crippen LogP contribution is 2.30. The van der Waals surface area contributed by atoms with Crippen LogP contribution < -0.4 is 0 Å². The number of H-pyrrole nitrogens is 1. The van der Waals surface area contributed by atoms with Crippen LogP contribution in [0.15, 0.2) is 31.0 Å². The molecule has 26 heavy (non-hydrogen) atoms. The van der Waals surface area contributed by atoms with Crippen molar-refractivity contribution in [2.45, 2.75) is 51.9 Å². The molecule has 4 aromatic heterocycles. The van der Waals surface area contributed by atoms with Crippen LogP contribution in [0.3, 0.4) is 0 Å². The lowest BCUT2D eigenvalue weighted by atomic mass is 9.82. The first-order chi connectivity index (χ1) is 12.2. The first kappa shape index (κ1) is 16.6. The maximum Gasteiger partial charge on any atom is 0.200 e. The van der Waals surface area contributed by atoms with E-state index in [4.69, 9.17) is 4.98 Å². The van der Waals surface area contributed by atoms with E-state index in [2.05, 4.69) is 72.1 Å². The molecule has 0 bridgehead atoms. The molecule has 0 atom stereocenters. The highest BCUT2D eigenvalue weighted by molar-refractivity contribution is 5.73. The minimum atomic E-state index is -0.112. The van der Waals surface area contributed by atoms with Gasteiger partial charge < -0.3 is 0 Å². The first-order valence-corrected chi connectivity index (χ1v) is 8.73. The zero-order chi connectivity index (χ0) is 18.5. The van der Waals surface area contributed by atoms with Crippen LogP contribution in [-0.2, 0) is 17.3 Å². The number of nitrogens with zero attached hydrogens (tertiary/aromatic N) is 6. The maximum atomic E-state index is 4.73. The molecule has 1 N–H and O–H groups in total. The average molecular weight is 349 g/mol. The molecule has 0 saturated heterocycles. The highest BCUT2D eigenvalue weighted by Gasteiger charge is 2.26. The SMILES string of the molecule is CC(C)(C)c1[nH]nc2nc(CC(C)(C)c3cc4cncnn4c3)cnc12. The van der Waals surface area contributed by atoms with Crippen LogP contribution in [-0.4, -0.2) is 34.8 Å². The lowest BCUT2D eigenvalue weighted by Gasteiger charge is -2.23. The number of aromatic amines is 1. The molecule has 0 saturated carbocycles. The Bertz CT molecular complexity index is 1050. The predicted molar refractivity (Wildman–Crippen MR) is 100 cm³/mol. The van der Waals surface area contributed by atoms with Crippen LogP contribution in [0.5, 0.6) is 0 Å².